The van der Waals surface area contributed by atoms with E-state index < -0.39 is 15.1 Å². The van der Waals surface area contributed by atoms with Crippen molar-refractivity contribution >= 4 is 9.84 Å². The van der Waals surface area contributed by atoms with E-state index in [-0.39, 0.29) is 63.2 Å². The number of hydrogen-bond acceptors (Lipinski definition) is 5. The summed E-state index contributed by atoms with van der Waals surface area (Å²) in [5, 5.41) is 15.8. The van der Waals surface area contributed by atoms with E-state index in [0.29, 0.717) is 6.61 Å². The van der Waals surface area contributed by atoms with E-state index >= 15 is 0 Å². The summed E-state index contributed by atoms with van der Waals surface area (Å²) in [5.41, 5.74) is 0. The van der Waals surface area contributed by atoms with E-state index in [1.807, 2.05) is 0 Å². The molecule has 1 atom stereocenters. The molecule has 1 unspecified atom stereocenters. The number of sulfone groups is 1. The Kier molecular flexibility index (Phi) is 5.48. The average Bonchev–Trinajstić information content (AvgIpc) is 2.72. The number of ether oxygens (including phenoxy) is 1. The van der Waals surface area contributed by atoms with Gasteiger partial charge in [0.1, 0.15) is 0 Å². The second-order valence-electron chi connectivity index (χ2n) is 2.29. The van der Waals surface area contributed by atoms with Gasteiger partial charge in [-0.15, -0.1) is 0 Å². The third kappa shape index (κ3) is 3.96. The van der Waals surface area contributed by atoms with Crippen LogP contribution in [0.15, 0.2) is 0 Å². The standard InChI is InChI=1S/C6H5N2O3S.K/c7-1-6(2-8)12(9,10)4-5-3-11-5;/h5H,3-4H2;/q-1;+1. The third-order valence-corrected chi connectivity index (χ3v) is 2.94. The van der Waals surface area contributed by atoms with Gasteiger partial charge >= 0.3 is 51.4 Å². The van der Waals surface area contributed by atoms with Crippen LogP contribution < -0.4 is 51.4 Å². The minimum Gasteiger partial charge on any atom is -0.372 e. The number of rotatable bonds is 3. The summed E-state index contributed by atoms with van der Waals surface area (Å²) in [4.78, 5) is 0. The molecule has 1 heterocycles. The largest absolute Gasteiger partial charge is 1.00 e. The number of epoxide rings is 1. The van der Waals surface area contributed by atoms with Crippen LogP contribution in [0.25, 0.3) is 0 Å². The van der Waals surface area contributed by atoms with Gasteiger partial charge in [0, 0.05) is 0 Å². The predicted molar refractivity (Wildman–Crippen MR) is 38.0 cm³/mol. The van der Waals surface area contributed by atoms with E-state index in [1.165, 1.54) is 12.1 Å². The molecule has 0 spiro atoms. The Hall–Kier alpha value is 0.396. The van der Waals surface area contributed by atoms with Crippen molar-refractivity contribution in [2.45, 2.75) is 6.10 Å². The quantitative estimate of drug-likeness (QED) is 0.280. The molecular formula is C6H5KN2O3S. The monoisotopic (exact) mass is 224 g/mol. The Bertz CT molecular complexity index is 335. The molecule has 0 radical (unpaired) electrons. The fraction of sp³-hybridized carbons (Fsp3) is 0.500. The van der Waals surface area contributed by atoms with Gasteiger partial charge in [0.2, 0.25) is 0 Å². The zero-order chi connectivity index (χ0) is 9.19. The van der Waals surface area contributed by atoms with E-state index in [0.717, 1.165) is 0 Å². The minimum atomic E-state index is -3.69. The molecule has 0 aromatic heterocycles. The zero-order valence-electron chi connectivity index (χ0n) is 7.02. The summed E-state index contributed by atoms with van der Waals surface area (Å²) in [6.07, 6.45) is -0.327. The molecule has 0 bridgehead atoms. The van der Waals surface area contributed by atoms with Crippen molar-refractivity contribution < 1.29 is 64.5 Å². The molecule has 0 aliphatic carbocycles. The van der Waals surface area contributed by atoms with E-state index in [4.69, 9.17) is 10.5 Å². The van der Waals surface area contributed by atoms with Crippen LogP contribution in [-0.4, -0.2) is 26.9 Å². The van der Waals surface area contributed by atoms with E-state index in [1.54, 1.807) is 0 Å². The first kappa shape index (κ1) is 13.4. The molecule has 0 N–H and O–H groups in total. The summed E-state index contributed by atoms with van der Waals surface area (Å²) in [7, 11) is -3.69. The number of nitrogens with zero attached hydrogens (tertiary/aromatic N) is 2. The summed E-state index contributed by atoms with van der Waals surface area (Å²) < 4.78 is 26.8. The number of hydrogen-bond donors (Lipinski definition) is 0. The first-order chi connectivity index (χ1) is 5.60. The second kappa shape index (κ2) is 5.32. The molecule has 0 saturated carbocycles. The summed E-state index contributed by atoms with van der Waals surface area (Å²) >= 11 is 0. The SMILES string of the molecule is N#C[C-](C#N)S(=O)(=O)CC1CO1.[K+]. The van der Waals surface area contributed by atoms with Gasteiger partial charge in [-0.3, -0.25) is 8.42 Å². The summed E-state index contributed by atoms with van der Waals surface area (Å²) in [6.45, 7) is 0.392. The van der Waals surface area contributed by atoms with Crippen molar-refractivity contribution in [2.24, 2.45) is 0 Å². The maximum atomic E-state index is 11.1. The normalized spacial score (nSPS) is 19.1. The van der Waals surface area contributed by atoms with Gasteiger partial charge in [-0.05, 0) is 0 Å². The van der Waals surface area contributed by atoms with Crippen LogP contribution in [-0.2, 0) is 14.6 Å². The van der Waals surface area contributed by atoms with E-state index in [2.05, 4.69) is 4.74 Å². The smallest absolute Gasteiger partial charge is 0.372 e. The van der Waals surface area contributed by atoms with Gasteiger partial charge in [-0.25, -0.2) is 10.5 Å². The van der Waals surface area contributed by atoms with Crippen LogP contribution in [0.3, 0.4) is 0 Å². The van der Waals surface area contributed by atoms with Gasteiger partial charge in [0.15, 0.2) is 0 Å². The van der Waals surface area contributed by atoms with Gasteiger partial charge in [-0.1, -0.05) is 17.4 Å². The van der Waals surface area contributed by atoms with Gasteiger partial charge in [0.25, 0.3) is 0 Å². The molecule has 7 heteroatoms. The summed E-state index contributed by atoms with van der Waals surface area (Å²) in [5.74, 6) is -0.260. The topological polar surface area (TPSA) is 94.2 Å². The predicted octanol–water partition coefficient (Wildman–Crippen LogP) is -3.62. The Labute approximate surface area is 119 Å². The fourth-order valence-electron chi connectivity index (χ4n) is 0.656. The van der Waals surface area contributed by atoms with Gasteiger partial charge in [-0.2, -0.15) is 0 Å². The molecular weight excluding hydrogens is 219 g/mol. The molecule has 1 saturated heterocycles. The van der Waals surface area contributed by atoms with Crippen molar-refractivity contribution in [2.75, 3.05) is 12.4 Å². The molecule has 13 heavy (non-hydrogen) atoms. The van der Waals surface area contributed by atoms with Crippen LogP contribution in [0.1, 0.15) is 0 Å². The molecule has 0 aromatic rings. The Balaban J connectivity index is 0.00000144. The van der Waals surface area contributed by atoms with Crippen LogP contribution >= 0.6 is 0 Å². The Morgan fingerprint density at radius 1 is 1.46 bits per heavy atom. The van der Waals surface area contributed by atoms with Gasteiger partial charge < -0.3 is 4.74 Å². The molecule has 5 nitrogen and oxygen atoms in total. The summed E-state index contributed by atoms with van der Waals surface area (Å²) in [6, 6.07) is 2.67. The first-order valence-corrected chi connectivity index (χ1v) is 4.77. The first-order valence-electron chi connectivity index (χ1n) is 3.11. The van der Waals surface area contributed by atoms with Crippen LogP contribution in [0, 0.1) is 27.9 Å². The van der Waals surface area contributed by atoms with Crippen molar-refractivity contribution in [3.63, 3.8) is 0 Å². The molecule has 1 rings (SSSR count). The number of nitriles is 2. The minimum absolute atomic E-state index is 0. The van der Waals surface area contributed by atoms with Gasteiger partial charge in [0.05, 0.1) is 28.3 Å². The second-order valence-corrected chi connectivity index (χ2v) is 4.26. The Morgan fingerprint density at radius 3 is 2.23 bits per heavy atom. The maximum absolute atomic E-state index is 11.1. The molecule has 1 fully saturated rings. The maximum Gasteiger partial charge on any atom is 1.00 e. The fourth-order valence-corrected chi connectivity index (χ4v) is 1.78. The zero-order valence-corrected chi connectivity index (χ0v) is 11.0. The molecule has 1 aliphatic rings. The van der Waals surface area contributed by atoms with Crippen molar-refractivity contribution in [3.05, 3.63) is 5.25 Å². The Morgan fingerprint density at radius 2 is 1.92 bits per heavy atom. The van der Waals surface area contributed by atoms with Crippen LogP contribution in [0.4, 0.5) is 0 Å². The third-order valence-electron chi connectivity index (χ3n) is 1.32. The molecule has 64 valence electrons. The van der Waals surface area contributed by atoms with E-state index in [9.17, 15) is 8.42 Å². The molecule has 0 aromatic carbocycles. The van der Waals surface area contributed by atoms with Crippen molar-refractivity contribution in [3.8, 4) is 12.1 Å². The average molecular weight is 224 g/mol. The van der Waals surface area contributed by atoms with Crippen molar-refractivity contribution in [1.82, 2.24) is 0 Å². The van der Waals surface area contributed by atoms with Crippen LogP contribution in [0.5, 0.6) is 0 Å². The molecule has 1 aliphatic heterocycles. The van der Waals surface area contributed by atoms with Crippen molar-refractivity contribution in [1.29, 1.82) is 10.5 Å². The van der Waals surface area contributed by atoms with Crippen LogP contribution in [0.2, 0.25) is 0 Å². The molecule has 0 amide bonds.